The normalized spacial score (nSPS) is 10.4. The van der Waals surface area contributed by atoms with Crippen LogP contribution in [0.2, 0.25) is 0 Å². The molecular weight excluding hydrogens is 332 g/mol. The van der Waals surface area contributed by atoms with Crippen molar-refractivity contribution in [3.8, 4) is 0 Å². The van der Waals surface area contributed by atoms with Gasteiger partial charge in [0.25, 0.3) is 11.8 Å². The molecular formula is C20H24N2O2S. The third kappa shape index (κ3) is 5.10. The van der Waals surface area contributed by atoms with Crippen molar-refractivity contribution < 1.29 is 9.59 Å². The van der Waals surface area contributed by atoms with Crippen molar-refractivity contribution in [1.82, 2.24) is 4.90 Å². The lowest BCUT2D eigenvalue weighted by molar-refractivity contribution is 0.0772. The Labute approximate surface area is 153 Å². The topological polar surface area (TPSA) is 49.4 Å². The Morgan fingerprint density at radius 2 is 1.68 bits per heavy atom. The van der Waals surface area contributed by atoms with Gasteiger partial charge in [-0.2, -0.15) is 11.8 Å². The molecule has 2 rings (SSSR count). The van der Waals surface area contributed by atoms with E-state index in [4.69, 9.17) is 0 Å². The van der Waals surface area contributed by atoms with E-state index >= 15 is 0 Å². The van der Waals surface area contributed by atoms with Crippen LogP contribution in [0.25, 0.3) is 0 Å². The summed E-state index contributed by atoms with van der Waals surface area (Å²) in [5.41, 5.74) is 2.99. The summed E-state index contributed by atoms with van der Waals surface area (Å²) in [4.78, 5) is 26.6. The molecule has 0 atom stereocenters. The van der Waals surface area contributed by atoms with Crippen molar-refractivity contribution in [3.63, 3.8) is 0 Å². The lowest BCUT2D eigenvalue weighted by atomic mass is 10.1. The first kappa shape index (κ1) is 19.1. The van der Waals surface area contributed by atoms with Crippen molar-refractivity contribution in [2.75, 3.05) is 24.7 Å². The highest BCUT2D eigenvalue weighted by Crippen LogP contribution is 2.15. The number of thioether (sulfide) groups is 1. The molecule has 2 amide bonds. The van der Waals surface area contributed by atoms with Crippen LogP contribution >= 0.6 is 11.8 Å². The summed E-state index contributed by atoms with van der Waals surface area (Å²) in [7, 11) is 0. The second kappa shape index (κ2) is 9.28. The molecule has 0 aliphatic rings. The van der Waals surface area contributed by atoms with Crippen molar-refractivity contribution in [2.24, 2.45) is 0 Å². The van der Waals surface area contributed by atoms with Gasteiger partial charge in [0.2, 0.25) is 0 Å². The van der Waals surface area contributed by atoms with E-state index in [1.165, 1.54) is 5.56 Å². The number of carbonyl (C=O) groups is 2. The van der Waals surface area contributed by atoms with Gasteiger partial charge in [-0.05, 0) is 56.0 Å². The average molecular weight is 356 g/mol. The molecule has 1 N–H and O–H groups in total. The van der Waals surface area contributed by atoms with E-state index < -0.39 is 0 Å². The first-order chi connectivity index (χ1) is 12.1. The van der Waals surface area contributed by atoms with E-state index in [9.17, 15) is 9.59 Å². The van der Waals surface area contributed by atoms with Crippen LogP contribution in [0.3, 0.4) is 0 Å². The van der Waals surface area contributed by atoms with E-state index in [1.807, 2.05) is 44.4 Å². The van der Waals surface area contributed by atoms with Gasteiger partial charge >= 0.3 is 0 Å². The van der Waals surface area contributed by atoms with Crippen molar-refractivity contribution >= 4 is 29.3 Å². The number of amides is 2. The van der Waals surface area contributed by atoms with Gasteiger partial charge in [-0.15, -0.1) is 0 Å². The number of hydrogen-bond donors (Lipinski definition) is 1. The summed E-state index contributed by atoms with van der Waals surface area (Å²) >= 11 is 1.75. The van der Waals surface area contributed by atoms with Crippen LogP contribution in [-0.2, 0) is 5.75 Å². The summed E-state index contributed by atoms with van der Waals surface area (Å²) in [6.45, 7) is 5.23. The highest BCUT2D eigenvalue weighted by Gasteiger charge is 2.13. The van der Waals surface area contributed by atoms with Crippen LogP contribution in [0.1, 0.15) is 40.1 Å². The number of benzene rings is 2. The van der Waals surface area contributed by atoms with Gasteiger partial charge in [-0.25, -0.2) is 0 Å². The molecule has 4 nitrogen and oxygen atoms in total. The molecule has 2 aromatic rings. The lowest BCUT2D eigenvalue weighted by Gasteiger charge is -2.19. The van der Waals surface area contributed by atoms with Gasteiger partial charge in [-0.3, -0.25) is 9.59 Å². The third-order valence-electron chi connectivity index (χ3n) is 3.95. The van der Waals surface area contributed by atoms with Crippen LogP contribution in [0, 0.1) is 0 Å². The summed E-state index contributed by atoms with van der Waals surface area (Å²) in [5, 5.41) is 2.87. The molecule has 2 aromatic carbocycles. The van der Waals surface area contributed by atoms with Crippen LogP contribution in [-0.4, -0.2) is 36.1 Å². The number of rotatable bonds is 7. The second-order valence-corrected chi connectivity index (χ2v) is 6.51. The van der Waals surface area contributed by atoms with Crippen molar-refractivity contribution in [3.05, 3.63) is 65.2 Å². The molecule has 0 aliphatic carbocycles. The fourth-order valence-corrected chi connectivity index (χ4v) is 3.07. The first-order valence-electron chi connectivity index (χ1n) is 8.37. The fraction of sp³-hybridized carbons (Fsp3) is 0.300. The summed E-state index contributed by atoms with van der Waals surface area (Å²) in [6, 6.07) is 14.6. The minimum absolute atomic E-state index is 0.0254. The molecule has 25 heavy (non-hydrogen) atoms. The fourth-order valence-electron chi connectivity index (χ4n) is 2.55. The summed E-state index contributed by atoms with van der Waals surface area (Å²) in [6.07, 6.45) is 2.05. The molecule has 0 spiro atoms. The Balaban J connectivity index is 2.10. The van der Waals surface area contributed by atoms with Gasteiger partial charge in [-0.1, -0.05) is 18.2 Å². The van der Waals surface area contributed by atoms with Gasteiger partial charge in [0.15, 0.2) is 0 Å². The van der Waals surface area contributed by atoms with Gasteiger partial charge < -0.3 is 10.2 Å². The molecule has 132 valence electrons. The number of hydrogen-bond acceptors (Lipinski definition) is 3. The van der Waals surface area contributed by atoms with Crippen molar-refractivity contribution in [2.45, 2.75) is 19.6 Å². The van der Waals surface area contributed by atoms with E-state index in [0.717, 1.165) is 5.75 Å². The lowest BCUT2D eigenvalue weighted by Crippen LogP contribution is -2.30. The molecule has 5 heteroatoms. The van der Waals surface area contributed by atoms with E-state index in [0.29, 0.717) is 29.9 Å². The summed E-state index contributed by atoms with van der Waals surface area (Å²) in [5.74, 6) is 0.725. The Kier molecular flexibility index (Phi) is 7.07. The number of carbonyl (C=O) groups excluding carboxylic acids is 2. The molecule has 0 heterocycles. The maximum Gasteiger partial charge on any atom is 0.255 e. The smallest absolute Gasteiger partial charge is 0.255 e. The quantitative estimate of drug-likeness (QED) is 0.805. The van der Waals surface area contributed by atoms with Crippen molar-refractivity contribution in [1.29, 1.82) is 0 Å². The van der Waals surface area contributed by atoms with Gasteiger partial charge in [0.1, 0.15) is 0 Å². The predicted octanol–water partition coefficient (Wildman–Crippen LogP) is 4.28. The average Bonchev–Trinajstić information content (AvgIpc) is 2.63. The second-order valence-electron chi connectivity index (χ2n) is 5.64. The zero-order valence-corrected chi connectivity index (χ0v) is 15.7. The molecule has 0 fully saturated rings. The van der Waals surface area contributed by atoms with Gasteiger partial charge in [0.05, 0.1) is 0 Å². The predicted molar refractivity (Wildman–Crippen MR) is 105 cm³/mol. The van der Waals surface area contributed by atoms with E-state index in [-0.39, 0.29) is 11.8 Å². The Hall–Kier alpha value is -2.27. The van der Waals surface area contributed by atoms with Crippen LogP contribution < -0.4 is 5.32 Å². The molecule has 0 saturated heterocycles. The molecule has 0 radical (unpaired) electrons. The third-order valence-corrected chi connectivity index (χ3v) is 4.57. The standard InChI is InChI=1S/C20H24N2O2S/c1-4-22(5-2)20(24)17-7-6-8-18(13-17)21-19(23)16-11-9-15(10-12-16)14-25-3/h6-13H,4-5,14H2,1-3H3,(H,21,23). The highest BCUT2D eigenvalue weighted by molar-refractivity contribution is 7.97. The largest absolute Gasteiger partial charge is 0.339 e. The Morgan fingerprint density at radius 1 is 1.00 bits per heavy atom. The van der Waals surface area contributed by atoms with E-state index in [2.05, 4.69) is 5.32 Å². The number of nitrogens with zero attached hydrogens (tertiary/aromatic N) is 1. The SMILES string of the molecule is CCN(CC)C(=O)c1cccc(NC(=O)c2ccc(CSC)cc2)c1. The number of nitrogens with one attached hydrogen (secondary N) is 1. The Bertz CT molecular complexity index is 725. The van der Waals surface area contributed by atoms with Crippen LogP contribution in [0.15, 0.2) is 48.5 Å². The maximum absolute atomic E-state index is 12.4. The minimum atomic E-state index is -0.178. The summed E-state index contributed by atoms with van der Waals surface area (Å²) < 4.78 is 0. The maximum atomic E-state index is 12.4. The van der Waals surface area contributed by atoms with Gasteiger partial charge in [0, 0.05) is 35.7 Å². The highest BCUT2D eigenvalue weighted by atomic mass is 32.2. The molecule has 0 saturated carbocycles. The number of anilines is 1. The van der Waals surface area contributed by atoms with Crippen LogP contribution in [0.4, 0.5) is 5.69 Å². The zero-order valence-electron chi connectivity index (χ0n) is 14.9. The van der Waals surface area contributed by atoms with Crippen LogP contribution in [0.5, 0.6) is 0 Å². The molecule has 0 bridgehead atoms. The zero-order chi connectivity index (χ0) is 18.2. The molecule has 0 aliphatic heterocycles. The molecule has 0 aromatic heterocycles. The molecule has 0 unspecified atom stereocenters. The first-order valence-corrected chi connectivity index (χ1v) is 9.77. The monoisotopic (exact) mass is 356 g/mol. The Morgan fingerprint density at radius 3 is 2.28 bits per heavy atom. The minimum Gasteiger partial charge on any atom is -0.339 e. The van der Waals surface area contributed by atoms with E-state index in [1.54, 1.807) is 40.9 Å².